The maximum Gasteiger partial charge on any atom is 0.248 e. The number of nitrogens with zero attached hydrogens (tertiary/aromatic N) is 1. The second kappa shape index (κ2) is 8.20. The van der Waals surface area contributed by atoms with Crippen LogP contribution in [0.25, 0.3) is 0 Å². The first-order valence-corrected chi connectivity index (χ1v) is 9.20. The molecular formula is C21H25FN4O. The number of benzene rings is 2. The van der Waals surface area contributed by atoms with Crippen LogP contribution in [0.5, 0.6) is 0 Å². The topological polar surface area (TPSA) is 79.5 Å². The van der Waals surface area contributed by atoms with Crippen molar-refractivity contribution in [1.29, 1.82) is 0 Å². The minimum absolute atomic E-state index is 0.145. The van der Waals surface area contributed by atoms with Gasteiger partial charge in [0.05, 0.1) is 6.54 Å². The van der Waals surface area contributed by atoms with Crippen LogP contribution < -0.4 is 16.4 Å². The van der Waals surface area contributed by atoms with Gasteiger partial charge in [-0.25, -0.2) is 9.38 Å². The number of carbonyl (C=O) groups excluding carboxylic acids is 1. The smallest absolute Gasteiger partial charge is 0.248 e. The average molecular weight is 368 g/mol. The van der Waals surface area contributed by atoms with E-state index >= 15 is 0 Å². The summed E-state index contributed by atoms with van der Waals surface area (Å²) < 4.78 is 14.2. The first kappa shape index (κ1) is 18.9. The molecule has 1 aliphatic carbocycles. The summed E-state index contributed by atoms with van der Waals surface area (Å²) in [4.78, 5) is 15.7. The molecule has 1 aliphatic rings. The number of primary amides is 1. The molecule has 0 unspecified atom stereocenters. The molecule has 2 aromatic carbocycles. The third kappa shape index (κ3) is 4.64. The molecule has 4 N–H and O–H groups in total. The molecule has 0 heterocycles. The lowest BCUT2D eigenvalue weighted by Crippen LogP contribution is -2.41. The summed E-state index contributed by atoms with van der Waals surface area (Å²) in [6, 6.07) is 14.1. The fraction of sp³-hybridized carbons (Fsp3) is 0.333. The van der Waals surface area contributed by atoms with Gasteiger partial charge in [-0.15, -0.1) is 0 Å². The number of aliphatic imine (C=N–C) groups is 1. The number of amides is 1. The van der Waals surface area contributed by atoms with Gasteiger partial charge in [-0.05, 0) is 49.1 Å². The van der Waals surface area contributed by atoms with Gasteiger partial charge in [0.2, 0.25) is 5.91 Å². The van der Waals surface area contributed by atoms with E-state index in [1.807, 2.05) is 31.2 Å². The first-order chi connectivity index (χ1) is 13.0. The van der Waals surface area contributed by atoms with E-state index in [0.717, 1.165) is 30.5 Å². The molecule has 5 nitrogen and oxygen atoms in total. The number of nitrogens with two attached hydrogens (primary N) is 1. The maximum absolute atomic E-state index is 14.2. The Bertz CT molecular complexity index is 828. The number of carbonyl (C=O) groups is 1. The summed E-state index contributed by atoms with van der Waals surface area (Å²) in [6.45, 7) is 3.85. The monoisotopic (exact) mass is 368 g/mol. The number of hydrogen-bond donors (Lipinski definition) is 3. The van der Waals surface area contributed by atoms with Gasteiger partial charge in [-0.3, -0.25) is 4.79 Å². The summed E-state index contributed by atoms with van der Waals surface area (Å²) >= 11 is 0. The van der Waals surface area contributed by atoms with Crippen molar-refractivity contribution in [3.63, 3.8) is 0 Å². The summed E-state index contributed by atoms with van der Waals surface area (Å²) in [6.07, 6.45) is 1.93. The van der Waals surface area contributed by atoms with E-state index in [-0.39, 0.29) is 11.2 Å². The second-order valence-electron chi connectivity index (χ2n) is 6.87. The minimum Gasteiger partial charge on any atom is -0.366 e. The van der Waals surface area contributed by atoms with E-state index in [9.17, 15) is 9.18 Å². The standard InChI is InChI=1S/C21H25FN4O/c1-2-24-20(25-13-15-7-9-16(10-8-15)19(23)27)26-14-21(11-12-21)17-5-3-4-6-18(17)22/h3-10H,2,11-14H2,1H3,(H2,23,27)(H2,24,25,26). The van der Waals surface area contributed by atoms with Gasteiger partial charge >= 0.3 is 0 Å². The molecule has 27 heavy (non-hydrogen) atoms. The lowest BCUT2D eigenvalue weighted by molar-refractivity contribution is 0.100. The summed E-state index contributed by atoms with van der Waals surface area (Å²) in [5.74, 6) is 0.107. The van der Waals surface area contributed by atoms with E-state index in [4.69, 9.17) is 5.73 Å². The number of guanidine groups is 1. The van der Waals surface area contributed by atoms with Crippen LogP contribution in [0.15, 0.2) is 53.5 Å². The highest BCUT2D eigenvalue weighted by atomic mass is 19.1. The van der Waals surface area contributed by atoms with Crippen LogP contribution in [0.1, 0.15) is 41.3 Å². The van der Waals surface area contributed by atoms with E-state index < -0.39 is 5.91 Å². The molecule has 0 bridgehead atoms. The van der Waals surface area contributed by atoms with E-state index in [2.05, 4.69) is 15.6 Å². The summed E-state index contributed by atoms with van der Waals surface area (Å²) in [5, 5.41) is 6.57. The zero-order valence-electron chi connectivity index (χ0n) is 15.5. The lowest BCUT2D eigenvalue weighted by atomic mass is 9.95. The summed E-state index contributed by atoms with van der Waals surface area (Å²) in [7, 11) is 0. The zero-order chi connectivity index (χ0) is 19.3. The average Bonchev–Trinajstić information content (AvgIpc) is 3.45. The third-order valence-corrected chi connectivity index (χ3v) is 4.90. The fourth-order valence-corrected chi connectivity index (χ4v) is 3.12. The number of rotatable bonds is 7. The molecule has 0 radical (unpaired) electrons. The van der Waals surface area contributed by atoms with Crippen molar-refractivity contribution in [1.82, 2.24) is 10.6 Å². The van der Waals surface area contributed by atoms with Crippen molar-refractivity contribution >= 4 is 11.9 Å². The molecule has 0 atom stereocenters. The van der Waals surface area contributed by atoms with Crippen LogP contribution in [-0.4, -0.2) is 25.0 Å². The number of halogens is 1. The number of nitrogens with one attached hydrogen (secondary N) is 2. The van der Waals surface area contributed by atoms with Gasteiger partial charge in [0.25, 0.3) is 0 Å². The molecule has 0 aliphatic heterocycles. The predicted octanol–water partition coefficient (Wildman–Crippen LogP) is 2.71. The normalized spacial score (nSPS) is 15.3. The Morgan fingerprint density at radius 3 is 2.44 bits per heavy atom. The quantitative estimate of drug-likeness (QED) is 0.519. The van der Waals surface area contributed by atoms with Gasteiger partial charge in [0.1, 0.15) is 5.82 Å². The van der Waals surface area contributed by atoms with Crippen LogP contribution in [0, 0.1) is 5.82 Å². The highest BCUT2D eigenvalue weighted by Gasteiger charge is 2.45. The molecule has 0 aromatic heterocycles. The van der Waals surface area contributed by atoms with Gasteiger partial charge in [0.15, 0.2) is 5.96 Å². The highest BCUT2D eigenvalue weighted by molar-refractivity contribution is 5.92. The van der Waals surface area contributed by atoms with E-state index in [0.29, 0.717) is 24.6 Å². The van der Waals surface area contributed by atoms with Crippen molar-refractivity contribution in [2.24, 2.45) is 10.7 Å². The zero-order valence-corrected chi connectivity index (χ0v) is 15.5. The van der Waals surface area contributed by atoms with Crippen LogP contribution in [0.2, 0.25) is 0 Å². The SMILES string of the molecule is CCNC(=NCc1ccc(C(N)=O)cc1)NCC1(c2ccccc2F)CC1. The number of hydrogen-bond acceptors (Lipinski definition) is 2. The van der Waals surface area contributed by atoms with Gasteiger partial charge in [0, 0.05) is 24.1 Å². The Morgan fingerprint density at radius 1 is 1.15 bits per heavy atom. The van der Waals surface area contributed by atoms with Gasteiger partial charge in [-0.1, -0.05) is 30.3 Å². The first-order valence-electron chi connectivity index (χ1n) is 9.20. The lowest BCUT2D eigenvalue weighted by Gasteiger charge is -2.19. The molecular weight excluding hydrogens is 343 g/mol. The van der Waals surface area contributed by atoms with Crippen molar-refractivity contribution in [3.8, 4) is 0 Å². The molecule has 142 valence electrons. The fourth-order valence-electron chi connectivity index (χ4n) is 3.12. The largest absolute Gasteiger partial charge is 0.366 e. The van der Waals surface area contributed by atoms with Crippen LogP contribution in [0.4, 0.5) is 4.39 Å². The molecule has 0 spiro atoms. The molecule has 2 aromatic rings. The van der Waals surface area contributed by atoms with Crippen molar-refractivity contribution < 1.29 is 9.18 Å². The molecule has 0 saturated heterocycles. The third-order valence-electron chi connectivity index (χ3n) is 4.90. The summed E-state index contributed by atoms with van der Waals surface area (Å²) in [5.41, 5.74) is 7.34. The second-order valence-corrected chi connectivity index (χ2v) is 6.87. The maximum atomic E-state index is 14.2. The van der Waals surface area contributed by atoms with Crippen LogP contribution >= 0.6 is 0 Å². The minimum atomic E-state index is -0.442. The van der Waals surface area contributed by atoms with Gasteiger partial charge < -0.3 is 16.4 Å². The Labute approximate surface area is 158 Å². The van der Waals surface area contributed by atoms with E-state index in [1.54, 1.807) is 18.2 Å². The van der Waals surface area contributed by atoms with Crippen LogP contribution in [0.3, 0.4) is 0 Å². The predicted molar refractivity (Wildman–Crippen MR) is 105 cm³/mol. The van der Waals surface area contributed by atoms with Crippen LogP contribution in [-0.2, 0) is 12.0 Å². The molecule has 1 saturated carbocycles. The molecule has 1 fully saturated rings. The van der Waals surface area contributed by atoms with Crippen molar-refractivity contribution in [2.45, 2.75) is 31.7 Å². The Hall–Kier alpha value is -2.89. The van der Waals surface area contributed by atoms with E-state index in [1.165, 1.54) is 6.07 Å². The van der Waals surface area contributed by atoms with Crippen molar-refractivity contribution in [3.05, 3.63) is 71.0 Å². The highest BCUT2D eigenvalue weighted by Crippen LogP contribution is 2.48. The molecule has 3 rings (SSSR count). The Balaban J connectivity index is 1.64. The molecule has 6 heteroatoms. The Morgan fingerprint density at radius 2 is 1.85 bits per heavy atom. The molecule has 1 amide bonds. The Kier molecular flexibility index (Phi) is 5.74. The van der Waals surface area contributed by atoms with Gasteiger partial charge in [-0.2, -0.15) is 0 Å². The van der Waals surface area contributed by atoms with Crippen molar-refractivity contribution in [2.75, 3.05) is 13.1 Å².